The number of benzene rings is 2. The van der Waals surface area contributed by atoms with Crippen LogP contribution < -0.4 is 16.6 Å². The fourth-order valence-electron chi connectivity index (χ4n) is 4.00. The summed E-state index contributed by atoms with van der Waals surface area (Å²) in [4.78, 5) is 27.7. The Hall–Kier alpha value is -3.79. The minimum Gasteiger partial charge on any atom is -0.449 e. The first kappa shape index (κ1) is 22.4. The maximum atomic E-state index is 12.3. The Morgan fingerprint density at radius 1 is 1.03 bits per heavy atom. The van der Waals surface area contributed by atoms with Crippen LogP contribution >= 0.6 is 0 Å². The van der Waals surface area contributed by atoms with Gasteiger partial charge in [0.2, 0.25) is 0 Å². The Bertz CT molecular complexity index is 1120. The fourth-order valence-corrected chi connectivity index (χ4v) is 4.00. The second kappa shape index (κ2) is 9.78. The molecule has 1 aliphatic carbocycles. The Labute approximate surface area is 190 Å². The molecule has 4 rings (SSSR count). The van der Waals surface area contributed by atoms with Crippen LogP contribution in [0.25, 0.3) is 11.1 Å². The molecule has 0 radical (unpaired) electrons. The molecule has 0 aliphatic heterocycles. The third-order valence-corrected chi connectivity index (χ3v) is 5.66. The number of rotatable bonds is 7. The lowest BCUT2D eigenvalue weighted by atomic mass is 9.98. The summed E-state index contributed by atoms with van der Waals surface area (Å²) in [7, 11) is 0. The van der Waals surface area contributed by atoms with E-state index in [2.05, 4.69) is 10.3 Å². The molecule has 2 amide bonds. The van der Waals surface area contributed by atoms with Gasteiger partial charge in [-0.2, -0.15) is 0 Å². The summed E-state index contributed by atoms with van der Waals surface area (Å²) in [5, 5.41) is 23.1. The zero-order valence-electron chi connectivity index (χ0n) is 17.6. The largest absolute Gasteiger partial charge is 0.449 e. The third-order valence-electron chi connectivity index (χ3n) is 5.66. The Morgan fingerprint density at radius 3 is 2.30 bits per heavy atom. The Morgan fingerprint density at radius 2 is 1.67 bits per heavy atom. The zero-order valence-corrected chi connectivity index (χ0v) is 17.6. The van der Waals surface area contributed by atoms with Gasteiger partial charge in [0, 0.05) is 30.4 Å². The van der Waals surface area contributed by atoms with E-state index in [1.54, 1.807) is 0 Å². The van der Waals surface area contributed by atoms with Gasteiger partial charge in [-0.15, -0.1) is 0 Å². The lowest BCUT2D eigenvalue weighted by Crippen LogP contribution is -2.36. The highest BCUT2D eigenvalue weighted by molar-refractivity contribution is 5.93. The number of nitrogens with two attached hydrogens (primary N) is 1. The monoisotopic (exact) mass is 448 g/mol. The first-order valence-electron chi connectivity index (χ1n) is 10.4. The van der Waals surface area contributed by atoms with Crippen molar-refractivity contribution >= 4 is 12.0 Å². The number of aromatic nitrogens is 1. The molecule has 6 N–H and O–H groups in total. The molecule has 1 aromatic heterocycles. The van der Waals surface area contributed by atoms with Crippen molar-refractivity contribution in [2.45, 2.75) is 18.1 Å². The predicted octanol–water partition coefficient (Wildman–Crippen LogP) is 1.62. The number of aliphatic hydroxyl groups excluding tert-OH is 2. The molecule has 0 spiro atoms. The molecule has 2 aromatic carbocycles. The lowest BCUT2D eigenvalue weighted by Gasteiger charge is -2.19. The first-order valence-corrected chi connectivity index (χ1v) is 10.4. The average molecular weight is 448 g/mol. The molecule has 170 valence electrons. The van der Waals surface area contributed by atoms with Crippen LogP contribution in [0.1, 0.15) is 39.1 Å². The van der Waals surface area contributed by atoms with Gasteiger partial charge in [-0.05, 0) is 28.3 Å². The Kier molecular flexibility index (Phi) is 6.64. The molecule has 2 atom stereocenters. The lowest BCUT2D eigenvalue weighted by molar-refractivity contribution is 0.0183. The number of nitrogens with one attached hydrogen (secondary N) is 2. The van der Waals surface area contributed by atoms with E-state index in [1.165, 1.54) is 18.5 Å². The number of nitrogens with zero attached hydrogens (tertiary/aromatic N) is 1. The topological polar surface area (TPSA) is 147 Å². The van der Waals surface area contributed by atoms with E-state index in [-0.39, 0.29) is 30.2 Å². The first-order chi connectivity index (χ1) is 16.0. The summed E-state index contributed by atoms with van der Waals surface area (Å²) in [5.41, 5.74) is 6.74. The standard InChI is InChI=1S/C24H24N4O5/c25-28-23(31)15-9-14(10-26-11-15)22(30)21(29)12-27-24(32)33-13-20-18-7-3-1-5-16(18)17-6-2-4-8-19(17)20/h1-11,20-22,29-30H,12-13,25H2,(H,27,32)(H,28,31). The van der Waals surface area contributed by atoms with Crippen LogP contribution in [0.5, 0.6) is 0 Å². The third kappa shape index (κ3) is 4.70. The zero-order chi connectivity index (χ0) is 23.4. The average Bonchev–Trinajstić information content (AvgIpc) is 3.18. The van der Waals surface area contributed by atoms with Gasteiger partial charge < -0.3 is 20.3 Å². The molecule has 0 saturated carbocycles. The minimum absolute atomic E-state index is 0.0823. The number of hydrogen-bond donors (Lipinski definition) is 5. The number of fused-ring (bicyclic) bond motifs is 3. The van der Waals surface area contributed by atoms with E-state index < -0.39 is 24.2 Å². The normalized spacial score (nSPS) is 14.0. The second-order valence-corrected chi connectivity index (χ2v) is 7.70. The smallest absolute Gasteiger partial charge is 0.407 e. The quantitative estimate of drug-likeness (QED) is 0.210. The summed E-state index contributed by atoms with van der Waals surface area (Å²) in [6.45, 7) is -0.121. The minimum atomic E-state index is -1.38. The van der Waals surface area contributed by atoms with Crippen LogP contribution in [0.2, 0.25) is 0 Å². The molecule has 0 bridgehead atoms. The van der Waals surface area contributed by atoms with E-state index in [0.717, 1.165) is 22.3 Å². The Balaban J connectivity index is 1.33. The van der Waals surface area contributed by atoms with Crippen molar-refractivity contribution < 1.29 is 24.5 Å². The molecule has 9 heteroatoms. The second-order valence-electron chi connectivity index (χ2n) is 7.70. The number of carbonyl (C=O) groups excluding carboxylic acids is 2. The van der Waals surface area contributed by atoms with Gasteiger partial charge in [-0.1, -0.05) is 48.5 Å². The van der Waals surface area contributed by atoms with Crippen molar-refractivity contribution in [3.05, 3.63) is 89.2 Å². The highest BCUT2D eigenvalue weighted by atomic mass is 16.5. The number of alkyl carbamates (subject to hydrolysis) is 1. The van der Waals surface area contributed by atoms with Crippen LogP contribution in [0.15, 0.2) is 67.0 Å². The van der Waals surface area contributed by atoms with Crippen LogP contribution in [-0.2, 0) is 4.74 Å². The number of amides is 2. The van der Waals surface area contributed by atoms with E-state index in [9.17, 15) is 19.8 Å². The molecule has 1 aliphatic rings. The number of ether oxygens (including phenoxy) is 1. The summed E-state index contributed by atoms with van der Waals surface area (Å²) in [5.74, 6) is 4.43. The summed E-state index contributed by atoms with van der Waals surface area (Å²) in [6, 6.07) is 17.4. The molecule has 33 heavy (non-hydrogen) atoms. The molecule has 0 fully saturated rings. The van der Waals surface area contributed by atoms with Crippen molar-refractivity contribution in [1.82, 2.24) is 15.7 Å². The number of pyridine rings is 1. The van der Waals surface area contributed by atoms with Gasteiger partial charge in [-0.3, -0.25) is 15.2 Å². The van der Waals surface area contributed by atoms with Crippen molar-refractivity contribution in [2.75, 3.05) is 13.2 Å². The highest BCUT2D eigenvalue weighted by Gasteiger charge is 2.29. The molecular weight excluding hydrogens is 424 g/mol. The summed E-state index contributed by atoms with van der Waals surface area (Å²) in [6.07, 6.45) is -0.841. The molecule has 0 saturated heterocycles. The SMILES string of the molecule is NNC(=O)c1cncc(C(O)C(O)CNC(=O)OCC2c3ccccc3-c3ccccc32)c1. The van der Waals surface area contributed by atoms with E-state index >= 15 is 0 Å². The maximum absolute atomic E-state index is 12.3. The number of nitrogen functional groups attached to an aromatic ring is 1. The van der Waals surface area contributed by atoms with Gasteiger partial charge in [0.05, 0.1) is 5.56 Å². The number of hydrazine groups is 1. The molecular formula is C24H24N4O5. The highest BCUT2D eigenvalue weighted by Crippen LogP contribution is 2.44. The van der Waals surface area contributed by atoms with Gasteiger partial charge in [0.1, 0.15) is 18.8 Å². The number of hydrogen-bond acceptors (Lipinski definition) is 7. The van der Waals surface area contributed by atoms with Gasteiger partial charge in [-0.25, -0.2) is 10.6 Å². The molecule has 1 heterocycles. The van der Waals surface area contributed by atoms with E-state index in [4.69, 9.17) is 10.6 Å². The van der Waals surface area contributed by atoms with Gasteiger partial charge in [0.15, 0.2) is 0 Å². The fraction of sp³-hybridized carbons (Fsp3) is 0.208. The van der Waals surface area contributed by atoms with Gasteiger partial charge in [0.25, 0.3) is 5.91 Å². The van der Waals surface area contributed by atoms with E-state index in [1.807, 2.05) is 54.0 Å². The van der Waals surface area contributed by atoms with Crippen molar-refractivity contribution in [3.63, 3.8) is 0 Å². The van der Waals surface area contributed by atoms with Crippen LogP contribution in [0, 0.1) is 0 Å². The summed E-state index contributed by atoms with van der Waals surface area (Å²) < 4.78 is 5.42. The van der Waals surface area contributed by atoms with Crippen molar-refractivity contribution in [2.24, 2.45) is 5.84 Å². The van der Waals surface area contributed by atoms with Crippen LogP contribution in [0.4, 0.5) is 4.79 Å². The van der Waals surface area contributed by atoms with Crippen molar-refractivity contribution in [3.8, 4) is 11.1 Å². The number of aliphatic hydroxyl groups is 2. The molecule has 3 aromatic rings. The van der Waals surface area contributed by atoms with Crippen molar-refractivity contribution in [1.29, 1.82) is 0 Å². The van der Waals surface area contributed by atoms with Crippen LogP contribution in [-0.4, -0.2) is 46.5 Å². The summed E-state index contributed by atoms with van der Waals surface area (Å²) >= 11 is 0. The maximum Gasteiger partial charge on any atom is 0.407 e. The molecule has 9 nitrogen and oxygen atoms in total. The van der Waals surface area contributed by atoms with Gasteiger partial charge >= 0.3 is 6.09 Å². The number of carbonyl (C=O) groups is 2. The van der Waals surface area contributed by atoms with Crippen LogP contribution in [0.3, 0.4) is 0 Å². The van der Waals surface area contributed by atoms with E-state index in [0.29, 0.717) is 0 Å². The predicted molar refractivity (Wildman–Crippen MR) is 120 cm³/mol. The molecule has 2 unspecified atom stereocenters.